The average Bonchev–Trinajstić information content (AvgIpc) is 2.34. The molecular weight excluding hydrogens is 303 g/mol. The van der Waals surface area contributed by atoms with E-state index in [1.54, 1.807) is 12.1 Å². The van der Waals surface area contributed by atoms with Gasteiger partial charge < -0.3 is 10.4 Å². The van der Waals surface area contributed by atoms with Gasteiger partial charge in [0.15, 0.2) is 0 Å². The number of carbonyl (C=O) groups is 1. The number of nitrogens with one attached hydrogen (secondary N) is 1. The topological polar surface area (TPSA) is 62.2 Å². The molecule has 0 aliphatic carbocycles. The molecule has 0 spiro atoms. The third-order valence-electron chi connectivity index (χ3n) is 2.20. The van der Waals surface area contributed by atoms with Gasteiger partial charge in [0, 0.05) is 11.9 Å². The van der Waals surface area contributed by atoms with Crippen molar-refractivity contribution in [3.05, 3.63) is 52.4 Å². The third-order valence-corrected chi connectivity index (χ3v) is 2.85. The predicted octanol–water partition coefficient (Wildman–Crippen LogP) is 3.43. The number of carboxylic acid groups (broad SMARTS) is 1. The van der Waals surface area contributed by atoms with Crippen LogP contribution in [0.1, 0.15) is 10.4 Å². The molecule has 1 heterocycles. The van der Waals surface area contributed by atoms with Gasteiger partial charge in [0.05, 0.1) is 10.0 Å². The van der Waals surface area contributed by atoms with Crippen LogP contribution in [0, 0.1) is 5.82 Å². The molecule has 0 amide bonds. The molecule has 2 rings (SSSR count). The molecule has 4 nitrogen and oxygen atoms in total. The first-order valence-electron chi connectivity index (χ1n) is 4.97. The summed E-state index contributed by atoms with van der Waals surface area (Å²) in [6.45, 7) is 0. The maximum Gasteiger partial charge on any atom is 0.337 e. The molecule has 0 saturated heterocycles. The largest absolute Gasteiger partial charge is 0.478 e. The quantitative estimate of drug-likeness (QED) is 0.911. The Morgan fingerprint density at radius 2 is 2.11 bits per heavy atom. The molecule has 0 fully saturated rings. The second-order valence-electron chi connectivity index (χ2n) is 3.49. The van der Waals surface area contributed by atoms with Gasteiger partial charge in [0.2, 0.25) is 0 Å². The molecule has 6 heteroatoms. The van der Waals surface area contributed by atoms with Crippen LogP contribution in [-0.4, -0.2) is 16.1 Å². The number of benzene rings is 1. The van der Waals surface area contributed by atoms with Gasteiger partial charge in [-0.15, -0.1) is 0 Å². The minimum atomic E-state index is -1.04. The normalized spacial score (nSPS) is 10.1. The Kier molecular flexibility index (Phi) is 3.57. The van der Waals surface area contributed by atoms with Crippen LogP contribution < -0.4 is 5.32 Å². The molecule has 0 saturated carbocycles. The molecule has 18 heavy (non-hydrogen) atoms. The zero-order valence-electron chi connectivity index (χ0n) is 9.02. The molecule has 92 valence electrons. The Morgan fingerprint density at radius 1 is 1.33 bits per heavy atom. The number of halogens is 2. The highest BCUT2D eigenvalue weighted by molar-refractivity contribution is 9.10. The molecule has 1 aromatic heterocycles. The summed E-state index contributed by atoms with van der Waals surface area (Å²) in [6.07, 6.45) is 1.24. The number of aromatic nitrogens is 1. The number of anilines is 2. The molecular formula is C12H8BrFN2O2. The van der Waals surface area contributed by atoms with E-state index in [4.69, 9.17) is 5.11 Å². The highest BCUT2D eigenvalue weighted by Gasteiger charge is 2.04. The van der Waals surface area contributed by atoms with E-state index in [0.29, 0.717) is 16.0 Å². The van der Waals surface area contributed by atoms with E-state index < -0.39 is 5.97 Å². The van der Waals surface area contributed by atoms with Crippen molar-refractivity contribution in [3.63, 3.8) is 0 Å². The summed E-state index contributed by atoms with van der Waals surface area (Å²) in [4.78, 5) is 14.6. The standard InChI is InChI=1S/C12H8BrFN2O2/c13-9-3-2-8(5-10(9)14)16-11-4-1-7(6-15-11)12(17)18/h1-6H,(H,15,16)(H,17,18). The fraction of sp³-hybridized carbons (Fsp3) is 0. The summed E-state index contributed by atoms with van der Waals surface area (Å²) in [6, 6.07) is 7.51. The lowest BCUT2D eigenvalue weighted by atomic mass is 10.2. The average molecular weight is 311 g/mol. The number of aromatic carboxylic acids is 1. The van der Waals surface area contributed by atoms with Crippen molar-refractivity contribution < 1.29 is 14.3 Å². The maximum atomic E-state index is 13.3. The number of hydrogen-bond donors (Lipinski definition) is 2. The molecule has 0 bridgehead atoms. The fourth-order valence-corrected chi connectivity index (χ4v) is 1.56. The molecule has 0 aliphatic rings. The third kappa shape index (κ3) is 2.84. The summed E-state index contributed by atoms with van der Waals surface area (Å²) >= 11 is 3.06. The van der Waals surface area contributed by atoms with Crippen LogP contribution in [0.3, 0.4) is 0 Å². The van der Waals surface area contributed by atoms with E-state index in [1.165, 1.54) is 24.4 Å². The van der Waals surface area contributed by atoms with Gasteiger partial charge in [0.25, 0.3) is 0 Å². The van der Waals surface area contributed by atoms with Gasteiger partial charge in [0.1, 0.15) is 11.6 Å². The Bertz CT molecular complexity index is 587. The lowest BCUT2D eigenvalue weighted by Crippen LogP contribution is -1.99. The molecule has 2 N–H and O–H groups in total. The van der Waals surface area contributed by atoms with Crippen LogP contribution >= 0.6 is 15.9 Å². The van der Waals surface area contributed by atoms with Crippen LogP contribution in [0.5, 0.6) is 0 Å². The summed E-state index contributed by atoms with van der Waals surface area (Å²) in [5.41, 5.74) is 0.633. The monoisotopic (exact) mass is 310 g/mol. The van der Waals surface area contributed by atoms with Crippen molar-refractivity contribution in [2.75, 3.05) is 5.32 Å². The van der Waals surface area contributed by atoms with E-state index in [1.807, 2.05) is 0 Å². The van der Waals surface area contributed by atoms with Crippen LogP contribution in [0.2, 0.25) is 0 Å². The van der Waals surface area contributed by atoms with Gasteiger partial charge in [-0.1, -0.05) is 0 Å². The zero-order valence-corrected chi connectivity index (χ0v) is 10.6. The second-order valence-corrected chi connectivity index (χ2v) is 4.35. The minimum Gasteiger partial charge on any atom is -0.478 e. The number of pyridine rings is 1. The number of nitrogens with zero attached hydrogens (tertiary/aromatic N) is 1. The Labute approximate surface area is 111 Å². The highest BCUT2D eigenvalue weighted by atomic mass is 79.9. The van der Waals surface area contributed by atoms with Crippen LogP contribution in [0.4, 0.5) is 15.9 Å². The molecule has 0 unspecified atom stereocenters. The van der Waals surface area contributed by atoms with E-state index in [0.717, 1.165) is 0 Å². The van der Waals surface area contributed by atoms with E-state index in [2.05, 4.69) is 26.2 Å². The fourth-order valence-electron chi connectivity index (χ4n) is 1.32. The maximum absolute atomic E-state index is 13.3. The highest BCUT2D eigenvalue weighted by Crippen LogP contribution is 2.21. The van der Waals surface area contributed by atoms with Crippen molar-refractivity contribution in [3.8, 4) is 0 Å². The van der Waals surface area contributed by atoms with Crippen molar-refractivity contribution in [2.24, 2.45) is 0 Å². The van der Waals surface area contributed by atoms with Crippen molar-refractivity contribution >= 4 is 33.4 Å². The van der Waals surface area contributed by atoms with Crippen LogP contribution in [0.25, 0.3) is 0 Å². The molecule has 0 radical (unpaired) electrons. The van der Waals surface area contributed by atoms with E-state index in [-0.39, 0.29) is 11.4 Å². The van der Waals surface area contributed by atoms with Gasteiger partial charge in [-0.3, -0.25) is 0 Å². The Hall–Kier alpha value is -1.95. The smallest absolute Gasteiger partial charge is 0.337 e. The van der Waals surface area contributed by atoms with Crippen LogP contribution in [-0.2, 0) is 0 Å². The summed E-state index contributed by atoms with van der Waals surface area (Å²) in [5, 5.41) is 11.6. The van der Waals surface area contributed by atoms with E-state index >= 15 is 0 Å². The Balaban J connectivity index is 2.18. The number of hydrogen-bond acceptors (Lipinski definition) is 3. The number of rotatable bonds is 3. The van der Waals surface area contributed by atoms with Gasteiger partial charge >= 0.3 is 5.97 Å². The summed E-state index contributed by atoms with van der Waals surface area (Å²) < 4.78 is 13.6. The van der Waals surface area contributed by atoms with Crippen LogP contribution in [0.15, 0.2) is 41.0 Å². The van der Waals surface area contributed by atoms with Crippen molar-refractivity contribution in [1.82, 2.24) is 4.98 Å². The molecule has 1 aromatic carbocycles. The van der Waals surface area contributed by atoms with Gasteiger partial charge in [-0.25, -0.2) is 14.2 Å². The first-order valence-corrected chi connectivity index (χ1v) is 5.77. The molecule has 0 atom stereocenters. The number of carboxylic acids is 1. The first kappa shape index (κ1) is 12.5. The molecule has 2 aromatic rings. The van der Waals surface area contributed by atoms with Gasteiger partial charge in [-0.2, -0.15) is 0 Å². The summed E-state index contributed by atoms with van der Waals surface area (Å²) in [7, 11) is 0. The van der Waals surface area contributed by atoms with Crippen molar-refractivity contribution in [2.45, 2.75) is 0 Å². The Morgan fingerprint density at radius 3 is 2.67 bits per heavy atom. The first-order chi connectivity index (χ1) is 8.56. The minimum absolute atomic E-state index is 0.0996. The van der Waals surface area contributed by atoms with Crippen molar-refractivity contribution in [1.29, 1.82) is 0 Å². The lowest BCUT2D eigenvalue weighted by molar-refractivity contribution is 0.0696. The zero-order chi connectivity index (χ0) is 13.1. The van der Waals surface area contributed by atoms with E-state index in [9.17, 15) is 9.18 Å². The second kappa shape index (κ2) is 5.14. The summed E-state index contributed by atoms with van der Waals surface area (Å²) in [5.74, 6) is -0.979. The molecule has 0 aliphatic heterocycles. The predicted molar refractivity (Wildman–Crippen MR) is 68.6 cm³/mol. The SMILES string of the molecule is O=C(O)c1ccc(Nc2ccc(Br)c(F)c2)nc1. The lowest BCUT2D eigenvalue weighted by Gasteiger charge is -2.06. The van der Waals surface area contributed by atoms with Gasteiger partial charge in [-0.05, 0) is 46.3 Å².